The third-order valence-electron chi connectivity index (χ3n) is 4.73. The van der Waals surface area contributed by atoms with Gasteiger partial charge >= 0.3 is 0 Å². The van der Waals surface area contributed by atoms with E-state index in [4.69, 9.17) is 16.1 Å². The summed E-state index contributed by atoms with van der Waals surface area (Å²) in [5, 5.41) is 3.97. The van der Waals surface area contributed by atoms with Crippen LogP contribution < -0.4 is 4.31 Å². The third kappa shape index (κ3) is 3.72. The van der Waals surface area contributed by atoms with E-state index in [1.165, 1.54) is 0 Å². The Morgan fingerprint density at radius 3 is 1.93 bits per heavy atom. The summed E-state index contributed by atoms with van der Waals surface area (Å²) in [6.07, 6.45) is 0. The molecule has 0 spiro atoms. The zero-order valence-electron chi connectivity index (χ0n) is 16.4. The highest BCUT2D eigenvalue weighted by molar-refractivity contribution is 7.93. The van der Waals surface area contributed by atoms with Crippen molar-refractivity contribution in [3.63, 3.8) is 0 Å². The molecule has 0 radical (unpaired) electrons. The molecule has 1 aromatic heterocycles. The highest BCUT2D eigenvalue weighted by atomic mass is 35.5. The molecule has 0 bridgehead atoms. The molecule has 4 rings (SSSR count). The number of hydrogen-bond acceptors (Lipinski definition) is 4. The van der Waals surface area contributed by atoms with Crippen LogP contribution in [0.5, 0.6) is 0 Å². The Hall–Kier alpha value is -3.09. The number of aromatic nitrogens is 1. The van der Waals surface area contributed by atoms with Crippen molar-refractivity contribution in [3.8, 4) is 11.1 Å². The summed E-state index contributed by atoms with van der Waals surface area (Å²) in [5.41, 5.74) is 3.92. The smallest absolute Gasteiger partial charge is 0.271 e. The predicted molar refractivity (Wildman–Crippen MR) is 119 cm³/mol. The lowest BCUT2D eigenvalue weighted by Gasteiger charge is -2.21. The monoisotopic (exact) mass is 438 g/mol. The number of para-hydroxylation sites is 1. The highest BCUT2D eigenvalue weighted by Crippen LogP contribution is 2.38. The second kappa shape index (κ2) is 7.97. The Balaban J connectivity index is 1.79. The van der Waals surface area contributed by atoms with Crippen LogP contribution in [0.4, 0.5) is 11.6 Å². The van der Waals surface area contributed by atoms with Crippen molar-refractivity contribution >= 4 is 33.2 Å². The summed E-state index contributed by atoms with van der Waals surface area (Å²) < 4.78 is 33.5. The van der Waals surface area contributed by atoms with Gasteiger partial charge in [-0.3, -0.25) is 0 Å². The van der Waals surface area contributed by atoms with Crippen LogP contribution in [0.3, 0.4) is 0 Å². The highest BCUT2D eigenvalue weighted by Gasteiger charge is 2.32. The maximum absolute atomic E-state index is 13.6. The number of sulfonamides is 1. The molecular weight excluding hydrogens is 420 g/mol. The van der Waals surface area contributed by atoms with E-state index >= 15 is 0 Å². The molecule has 0 aliphatic heterocycles. The van der Waals surface area contributed by atoms with Gasteiger partial charge in [0, 0.05) is 0 Å². The van der Waals surface area contributed by atoms with E-state index in [1.54, 1.807) is 61.5 Å². The minimum Gasteiger partial charge on any atom is -0.335 e. The molecule has 152 valence electrons. The molecule has 0 fully saturated rings. The van der Waals surface area contributed by atoms with Gasteiger partial charge in [-0.1, -0.05) is 76.9 Å². The molecule has 0 saturated carbocycles. The summed E-state index contributed by atoms with van der Waals surface area (Å²) in [7, 11) is -4.01. The van der Waals surface area contributed by atoms with Crippen LogP contribution in [0.25, 0.3) is 11.1 Å². The van der Waals surface area contributed by atoms with Gasteiger partial charge in [-0.15, -0.1) is 0 Å². The van der Waals surface area contributed by atoms with Gasteiger partial charge in [0.25, 0.3) is 15.9 Å². The fourth-order valence-electron chi connectivity index (χ4n) is 3.07. The first-order chi connectivity index (χ1) is 14.4. The van der Waals surface area contributed by atoms with Crippen LogP contribution >= 0.6 is 11.6 Å². The minimum absolute atomic E-state index is 0.0389. The van der Waals surface area contributed by atoms with Crippen molar-refractivity contribution in [1.82, 2.24) is 5.16 Å². The van der Waals surface area contributed by atoms with Crippen LogP contribution in [-0.4, -0.2) is 13.6 Å². The average Bonchev–Trinajstić information content (AvgIpc) is 3.08. The van der Waals surface area contributed by atoms with E-state index in [0.29, 0.717) is 11.4 Å². The van der Waals surface area contributed by atoms with Crippen LogP contribution in [0, 0.1) is 13.8 Å². The fraction of sp³-hybridized carbons (Fsp3) is 0.0870. The van der Waals surface area contributed by atoms with E-state index < -0.39 is 10.0 Å². The van der Waals surface area contributed by atoms with Gasteiger partial charge in [0.1, 0.15) is 10.7 Å². The first-order valence-electron chi connectivity index (χ1n) is 9.27. The fourth-order valence-corrected chi connectivity index (χ4v) is 4.71. The van der Waals surface area contributed by atoms with Crippen molar-refractivity contribution in [2.75, 3.05) is 4.31 Å². The molecule has 0 aliphatic rings. The summed E-state index contributed by atoms with van der Waals surface area (Å²) in [4.78, 5) is 0.118. The summed E-state index contributed by atoms with van der Waals surface area (Å²) >= 11 is 6.30. The molecule has 4 aromatic rings. The molecular formula is C23H19ClN2O3S. The molecule has 5 nitrogen and oxygen atoms in total. The molecule has 0 saturated heterocycles. The topological polar surface area (TPSA) is 63.4 Å². The third-order valence-corrected chi connectivity index (χ3v) is 6.89. The molecule has 0 unspecified atom stereocenters. The van der Waals surface area contributed by atoms with Gasteiger partial charge in [0.05, 0.1) is 10.6 Å². The van der Waals surface area contributed by atoms with E-state index in [-0.39, 0.29) is 15.8 Å². The van der Waals surface area contributed by atoms with E-state index in [2.05, 4.69) is 5.16 Å². The Kier molecular flexibility index (Phi) is 5.37. The molecule has 1 heterocycles. The van der Waals surface area contributed by atoms with Gasteiger partial charge in [-0.05, 0) is 49.2 Å². The molecule has 7 heteroatoms. The lowest BCUT2D eigenvalue weighted by Crippen LogP contribution is -2.26. The SMILES string of the molecule is Cc1ccc(-c2ccc(S(=O)(=O)N(c3ccccc3)c3onc(C)c3Cl)cc2)cc1. The van der Waals surface area contributed by atoms with Crippen molar-refractivity contribution in [3.05, 3.63) is 95.1 Å². The molecule has 30 heavy (non-hydrogen) atoms. The first-order valence-corrected chi connectivity index (χ1v) is 11.1. The summed E-state index contributed by atoms with van der Waals surface area (Å²) in [6, 6.07) is 23.4. The van der Waals surface area contributed by atoms with Gasteiger partial charge < -0.3 is 4.52 Å². The molecule has 0 amide bonds. The van der Waals surface area contributed by atoms with Gasteiger partial charge in [0.2, 0.25) is 0 Å². The Morgan fingerprint density at radius 1 is 0.833 bits per heavy atom. The Bertz CT molecular complexity index is 1270. The van der Waals surface area contributed by atoms with Crippen LogP contribution in [-0.2, 0) is 10.0 Å². The number of hydrogen-bond donors (Lipinski definition) is 0. The number of benzene rings is 3. The lowest BCUT2D eigenvalue weighted by molar-refractivity contribution is 0.424. The first kappa shape index (κ1) is 20.2. The summed E-state index contributed by atoms with van der Waals surface area (Å²) in [6.45, 7) is 3.68. The minimum atomic E-state index is -4.01. The number of aryl methyl sites for hydroxylation is 2. The van der Waals surface area contributed by atoms with Gasteiger partial charge in [-0.2, -0.15) is 4.31 Å². The largest absolute Gasteiger partial charge is 0.335 e. The van der Waals surface area contributed by atoms with Crippen molar-refractivity contribution in [2.45, 2.75) is 18.7 Å². The zero-order chi connectivity index (χ0) is 21.3. The van der Waals surface area contributed by atoms with Crippen LogP contribution in [0.2, 0.25) is 5.02 Å². The predicted octanol–water partition coefficient (Wildman–Crippen LogP) is 6.14. The molecule has 0 aliphatic carbocycles. The second-order valence-electron chi connectivity index (χ2n) is 6.88. The quantitative estimate of drug-likeness (QED) is 0.375. The van der Waals surface area contributed by atoms with E-state index in [0.717, 1.165) is 21.0 Å². The maximum Gasteiger partial charge on any atom is 0.271 e. The Morgan fingerprint density at radius 2 is 1.40 bits per heavy atom. The van der Waals surface area contributed by atoms with E-state index in [1.807, 2.05) is 31.2 Å². The molecule has 0 atom stereocenters. The molecule has 3 aromatic carbocycles. The second-order valence-corrected chi connectivity index (χ2v) is 9.05. The molecule has 0 N–H and O–H groups in total. The standard InChI is InChI=1S/C23H19ClN2O3S/c1-16-8-10-18(11-9-16)19-12-14-21(15-13-19)30(27,28)26(20-6-4-3-5-7-20)23-22(24)17(2)25-29-23/h3-15H,1-2H3. The average molecular weight is 439 g/mol. The lowest BCUT2D eigenvalue weighted by atomic mass is 10.0. The Labute approximate surface area is 180 Å². The van der Waals surface area contributed by atoms with Crippen molar-refractivity contribution in [1.29, 1.82) is 0 Å². The zero-order valence-corrected chi connectivity index (χ0v) is 18.0. The van der Waals surface area contributed by atoms with Crippen LogP contribution in [0.1, 0.15) is 11.3 Å². The number of nitrogens with zero attached hydrogens (tertiary/aromatic N) is 2. The number of anilines is 2. The van der Waals surface area contributed by atoms with Gasteiger partial charge in [-0.25, -0.2) is 8.42 Å². The number of rotatable bonds is 5. The van der Waals surface area contributed by atoms with Gasteiger partial charge in [0.15, 0.2) is 0 Å². The maximum atomic E-state index is 13.6. The van der Waals surface area contributed by atoms with Crippen molar-refractivity contribution in [2.24, 2.45) is 0 Å². The van der Waals surface area contributed by atoms with Crippen molar-refractivity contribution < 1.29 is 12.9 Å². The van der Waals surface area contributed by atoms with Crippen LogP contribution in [0.15, 0.2) is 88.3 Å². The summed E-state index contributed by atoms with van der Waals surface area (Å²) in [5.74, 6) is -0.0389. The van der Waals surface area contributed by atoms with E-state index in [9.17, 15) is 8.42 Å². The number of halogens is 1. The normalized spacial score (nSPS) is 11.4.